The van der Waals surface area contributed by atoms with Crippen molar-refractivity contribution in [3.63, 3.8) is 0 Å². The van der Waals surface area contributed by atoms with E-state index in [9.17, 15) is 14.9 Å². The number of likely N-dealkylation sites (tertiary alicyclic amines) is 1. The van der Waals surface area contributed by atoms with Gasteiger partial charge in [0.2, 0.25) is 5.91 Å². The van der Waals surface area contributed by atoms with Gasteiger partial charge in [0, 0.05) is 25.3 Å². The van der Waals surface area contributed by atoms with Gasteiger partial charge in [-0.05, 0) is 37.9 Å². The van der Waals surface area contributed by atoms with Crippen LogP contribution < -0.4 is 10.1 Å². The highest BCUT2D eigenvalue weighted by atomic mass is 16.5. The zero-order chi connectivity index (χ0) is 21.3. The normalized spacial score (nSPS) is 22.1. The molecule has 2 heterocycles. The Morgan fingerprint density at radius 2 is 2.00 bits per heavy atom. The smallest absolute Gasteiger partial charge is 0.257 e. The fourth-order valence-electron chi connectivity index (χ4n) is 4.28. The minimum atomic E-state index is -1.04. The number of benzene rings is 2. The van der Waals surface area contributed by atoms with E-state index in [1.165, 1.54) is 0 Å². The molecule has 30 heavy (non-hydrogen) atoms. The lowest BCUT2D eigenvalue weighted by molar-refractivity contribution is -0.121. The van der Waals surface area contributed by atoms with Crippen molar-refractivity contribution in [2.24, 2.45) is 5.92 Å². The molecule has 0 aliphatic carbocycles. The number of rotatable bonds is 5. The number of likely N-dealkylation sites (N-methyl/N-ethyl adjacent to an activating group) is 1. The van der Waals surface area contributed by atoms with E-state index in [1.807, 2.05) is 49.3 Å². The summed E-state index contributed by atoms with van der Waals surface area (Å²) < 4.78 is 5.84. The highest BCUT2D eigenvalue weighted by Crippen LogP contribution is 2.47. The first-order chi connectivity index (χ1) is 14.5. The van der Waals surface area contributed by atoms with Crippen LogP contribution in [0.3, 0.4) is 0 Å². The average Bonchev–Trinajstić information content (AvgIpc) is 3.27. The van der Waals surface area contributed by atoms with Crippen LogP contribution in [0.1, 0.15) is 15.9 Å². The molecule has 2 aliphatic rings. The first kappa shape index (κ1) is 19.9. The van der Waals surface area contributed by atoms with Crippen LogP contribution in [-0.2, 0) is 10.2 Å². The molecule has 2 aliphatic heterocycles. The third-order valence-corrected chi connectivity index (χ3v) is 5.86. The van der Waals surface area contributed by atoms with Gasteiger partial charge in [-0.3, -0.25) is 9.59 Å². The van der Waals surface area contributed by atoms with Gasteiger partial charge in [0.05, 0.1) is 17.6 Å². The number of carbonyl (C=O) groups is 2. The van der Waals surface area contributed by atoms with Crippen molar-refractivity contribution in [2.45, 2.75) is 5.41 Å². The molecule has 1 fully saturated rings. The van der Waals surface area contributed by atoms with Crippen molar-refractivity contribution >= 4 is 17.5 Å². The van der Waals surface area contributed by atoms with Crippen LogP contribution in [-0.4, -0.2) is 62.0 Å². The van der Waals surface area contributed by atoms with E-state index in [0.717, 1.165) is 12.1 Å². The largest absolute Gasteiger partial charge is 0.491 e. The molecule has 2 aromatic rings. The van der Waals surface area contributed by atoms with E-state index in [2.05, 4.69) is 11.4 Å². The molecule has 0 radical (unpaired) electrons. The topological polar surface area (TPSA) is 85.7 Å². The number of hydrogen-bond acceptors (Lipinski definition) is 5. The molecule has 0 aromatic heterocycles. The monoisotopic (exact) mass is 404 g/mol. The molecule has 0 saturated carbocycles. The van der Waals surface area contributed by atoms with E-state index in [1.54, 1.807) is 23.1 Å². The van der Waals surface area contributed by atoms with Gasteiger partial charge in [0.1, 0.15) is 17.8 Å². The zero-order valence-electron chi connectivity index (χ0n) is 17.1. The Hall–Kier alpha value is -3.37. The maximum absolute atomic E-state index is 13.4. The van der Waals surface area contributed by atoms with Crippen molar-refractivity contribution in [1.82, 2.24) is 9.80 Å². The standard InChI is InChI=1S/C23H24N4O3/c1-26(2)11-12-30-20-10-6-3-7-17(20)21(28)27-14-16(13-24)23(15-27)18-8-4-5-9-19(18)25-22(23)29/h3-10,16H,11-12,14-15H2,1-2H3,(H,25,29). The Balaban J connectivity index is 1.62. The van der Waals surface area contributed by atoms with Crippen LogP contribution >= 0.6 is 0 Å². The predicted molar refractivity (Wildman–Crippen MR) is 112 cm³/mol. The summed E-state index contributed by atoms with van der Waals surface area (Å²) >= 11 is 0. The van der Waals surface area contributed by atoms with Crippen molar-refractivity contribution in [3.8, 4) is 11.8 Å². The van der Waals surface area contributed by atoms with Crippen molar-refractivity contribution in [2.75, 3.05) is 45.7 Å². The second-order valence-electron chi connectivity index (χ2n) is 7.99. The molecule has 7 nitrogen and oxygen atoms in total. The first-order valence-electron chi connectivity index (χ1n) is 9.94. The van der Waals surface area contributed by atoms with Gasteiger partial charge in [-0.25, -0.2) is 0 Å². The maximum Gasteiger partial charge on any atom is 0.257 e. The summed E-state index contributed by atoms with van der Waals surface area (Å²) in [4.78, 5) is 30.0. The molecule has 4 rings (SSSR count). The summed E-state index contributed by atoms with van der Waals surface area (Å²) in [6, 6.07) is 16.8. The minimum absolute atomic E-state index is 0.166. The number of nitriles is 1. The lowest BCUT2D eigenvalue weighted by Crippen LogP contribution is -2.42. The van der Waals surface area contributed by atoms with Crippen LogP contribution in [0.25, 0.3) is 0 Å². The molecule has 1 saturated heterocycles. The number of ether oxygens (including phenoxy) is 1. The van der Waals surface area contributed by atoms with Crippen LogP contribution in [0.15, 0.2) is 48.5 Å². The van der Waals surface area contributed by atoms with Crippen molar-refractivity contribution in [3.05, 3.63) is 59.7 Å². The molecule has 7 heteroatoms. The van der Waals surface area contributed by atoms with Crippen molar-refractivity contribution in [1.29, 1.82) is 5.26 Å². The van der Waals surface area contributed by atoms with E-state index in [0.29, 0.717) is 23.6 Å². The summed E-state index contributed by atoms with van der Waals surface area (Å²) in [6.45, 7) is 1.54. The zero-order valence-corrected chi connectivity index (χ0v) is 17.1. The van der Waals surface area contributed by atoms with Gasteiger partial charge < -0.3 is 19.9 Å². The molecular weight excluding hydrogens is 380 g/mol. The quantitative estimate of drug-likeness (QED) is 0.825. The molecular formula is C23H24N4O3. The van der Waals surface area contributed by atoms with Gasteiger partial charge in [0.25, 0.3) is 5.91 Å². The van der Waals surface area contributed by atoms with E-state index in [4.69, 9.17) is 4.74 Å². The van der Waals surface area contributed by atoms with Gasteiger partial charge >= 0.3 is 0 Å². The number of hydrogen-bond donors (Lipinski definition) is 1. The summed E-state index contributed by atoms with van der Waals surface area (Å²) in [5, 5.41) is 12.7. The Kier molecular flexibility index (Phi) is 5.18. The number of para-hydroxylation sites is 2. The number of fused-ring (bicyclic) bond motifs is 2. The Labute approximate surface area is 175 Å². The Morgan fingerprint density at radius 3 is 2.77 bits per heavy atom. The van der Waals surface area contributed by atoms with Crippen LogP contribution in [0, 0.1) is 17.2 Å². The number of nitrogens with zero attached hydrogens (tertiary/aromatic N) is 3. The highest BCUT2D eigenvalue weighted by Gasteiger charge is 2.58. The number of amides is 2. The third-order valence-electron chi connectivity index (χ3n) is 5.86. The number of anilines is 1. The number of nitrogens with one attached hydrogen (secondary N) is 1. The molecule has 2 amide bonds. The number of carbonyl (C=O) groups excluding carboxylic acids is 2. The summed E-state index contributed by atoms with van der Waals surface area (Å²) in [5.74, 6) is -0.562. The first-order valence-corrected chi connectivity index (χ1v) is 9.94. The SMILES string of the molecule is CN(C)CCOc1ccccc1C(=O)N1CC(C#N)C2(C1)C(=O)Nc1ccccc12. The van der Waals surface area contributed by atoms with Crippen LogP contribution in [0.5, 0.6) is 5.75 Å². The van der Waals surface area contributed by atoms with Gasteiger partial charge in [0.15, 0.2) is 0 Å². The average molecular weight is 404 g/mol. The van der Waals surface area contributed by atoms with Gasteiger partial charge in [-0.2, -0.15) is 5.26 Å². The lowest BCUT2D eigenvalue weighted by Gasteiger charge is -2.24. The lowest BCUT2D eigenvalue weighted by atomic mass is 9.74. The van der Waals surface area contributed by atoms with Crippen molar-refractivity contribution < 1.29 is 14.3 Å². The summed E-state index contributed by atoms with van der Waals surface area (Å²) in [5.41, 5.74) is 0.898. The summed E-state index contributed by atoms with van der Waals surface area (Å²) in [6.07, 6.45) is 0. The maximum atomic E-state index is 13.4. The summed E-state index contributed by atoms with van der Waals surface area (Å²) in [7, 11) is 3.91. The van der Waals surface area contributed by atoms with E-state index in [-0.39, 0.29) is 24.9 Å². The molecule has 1 N–H and O–H groups in total. The second-order valence-corrected chi connectivity index (χ2v) is 7.99. The molecule has 1 spiro atoms. The Morgan fingerprint density at radius 1 is 1.27 bits per heavy atom. The molecule has 0 bridgehead atoms. The second kappa shape index (κ2) is 7.81. The van der Waals surface area contributed by atoms with E-state index >= 15 is 0 Å². The predicted octanol–water partition coefficient (Wildman–Crippen LogP) is 2.11. The molecule has 2 unspecified atom stereocenters. The fourth-order valence-corrected chi connectivity index (χ4v) is 4.28. The Bertz CT molecular complexity index is 1030. The molecule has 2 atom stereocenters. The van der Waals surface area contributed by atoms with Gasteiger partial charge in [-0.1, -0.05) is 30.3 Å². The van der Waals surface area contributed by atoms with Crippen LogP contribution in [0.2, 0.25) is 0 Å². The molecule has 154 valence electrons. The third kappa shape index (κ3) is 3.19. The highest BCUT2D eigenvalue weighted by molar-refractivity contribution is 6.08. The van der Waals surface area contributed by atoms with E-state index < -0.39 is 11.3 Å². The van der Waals surface area contributed by atoms with Crippen LogP contribution in [0.4, 0.5) is 5.69 Å². The molecule has 2 aromatic carbocycles. The van der Waals surface area contributed by atoms with Gasteiger partial charge in [-0.15, -0.1) is 0 Å². The fraction of sp³-hybridized carbons (Fsp3) is 0.348. The minimum Gasteiger partial charge on any atom is -0.491 e.